The summed E-state index contributed by atoms with van der Waals surface area (Å²) in [6.07, 6.45) is -0.812. The van der Waals surface area contributed by atoms with Crippen LogP contribution in [0.2, 0.25) is 0 Å². The SMILES string of the molecule is COc1ccc2cc(C(O)NC3(c4ccccc4)COC3)[nH]c2c1. The summed E-state index contributed by atoms with van der Waals surface area (Å²) in [4.78, 5) is 3.26. The molecule has 0 radical (unpaired) electrons. The third kappa shape index (κ3) is 2.57. The van der Waals surface area contributed by atoms with Gasteiger partial charge in [0.05, 0.1) is 31.6 Å². The van der Waals surface area contributed by atoms with Crippen molar-refractivity contribution < 1.29 is 14.6 Å². The Balaban J connectivity index is 1.60. The number of methoxy groups -OCH3 is 1. The number of benzene rings is 2. The average molecular weight is 324 g/mol. The second-order valence-electron chi connectivity index (χ2n) is 6.17. The topological polar surface area (TPSA) is 66.5 Å². The second kappa shape index (κ2) is 5.94. The third-order valence-corrected chi connectivity index (χ3v) is 4.58. The Kier molecular flexibility index (Phi) is 3.76. The zero-order valence-corrected chi connectivity index (χ0v) is 13.5. The highest BCUT2D eigenvalue weighted by Crippen LogP contribution is 2.32. The lowest BCUT2D eigenvalue weighted by atomic mass is 9.87. The number of fused-ring (bicyclic) bond motifs is 1. The van der Waals surface area contributed by atoms with Gasteiger partial charge in [0, 0.05) is 17.0 Å². The van der Waals surface area contributed by atoms with Gasteiger partial charge in [-0.1, -0.05) is 30.3 Å². The van der Waals surface area contributed by atoms with E-state index >= 15 is 0 Å². The Bertz CT molecular complexity index is 840. The fourth-order valence-electron chi connectivity index (χ4n) is 3.14. The maximum Gasteiger partial charge on any atom is 0.146 e. The van der Waals surface area contributed by atoms with Gasteiger partial charge in [0.25, 0.3) is 0 Å². The van der Waals surface area contributed by atoms with Crippen LogP contribution in [0, 0.1) is 0 Å². The maximum absolute atomic E-state index is 10.7. The first-order valence-corrected chi connectivity index (χ1v) is 7.96. The highest BCUT2D eigenvalue weighted by atomic mass is 16.5. The van der Waals surface area contributed by atoms with Gasteiger partial charge in [-0.3, -0.25) is 5.32 Å². The van der Waals surface area contributed by atoms with Gasteiger partial charge in [-0.2, -0.15) is 0 Å². The van der Waals surface area contributed by atoms with Crippen molar-refractivity contribution in [2.75, 3.05) is 20.3 Å². The number of hydrogen-bond acceptors (Lipinski definition) is 4. The van der Waals surface area contributed by atoms with E-state index in [1.54, 1.807) is 7.11 Å². The van der Waals surface area contributed by atoms with E-state index in [4.69, 9.17) is 9.47 Å². The van der Waals surface area contributed by atoms with Gasteiger partial charge >= 0.3 is 0 Å². The van der Waals surface area contributed by atoms with Crippen LogP contribution >= 0.6 is 0 Å². The van der Waals surface area contributed by atoms with Crippen molar-refractivity contribution in [2.24, 2.45) is 0 Å². The summed E-state index contributed by atoms with van der Waals surface area (Å²) >= 11 is 0. The molecule has 1 aliphatic rings. The summed E-state index contributed by atoms with van der Waals surface area (Å²) in [7, 11) is 1.64. The van der Waals surface area contributed by atoms with Crippen LogP contribution in [0.5, 0.6) is 5.75 Å². The van der Waals surface area contributed by atoms with Crippen molar-refractivity contribution in [3.8, 4) is 5.75 Å². The Morgan fingerprint density at radius 3 is 2.62 bits per heavy atom. The van der Waals surface area contributed by atoms with Crippen LogP contribution in [0.15, 0.2) is 54.6 Å². The van der Waals surface area contributed by atoms with Gasteiger partial charge in [0.1, 0.15) is 12.0 Å². The fourth-order valence-corrected chi connectivity index (χ4v) is 3.14. The predicted molar refractivity (Wildman–Crippen MR) is 91.9 cm³/mol. The number of nitrogens with one attached hydrogen (secondary N) is 2. The molecule has 0 spiro atoms. The molecule has 1 unspecified atom stereocenters. The molecule has 124 valence electrons. The van der Waals surface area contributed by atoms with Gasteiger partial charge in [-0.05, 0) is 23.8 Å². The lowest BCUT2D eigenvalue weighted by Gasteiger charge is -2.44. The number of aromatic amines is 1. The summed E-state index contributed by atoms with van der Waals surface area (Å²) in [6.45, 7) is 1.09. The second-order valence-corrected chi connectivity index (χ2v) is 6.17. The Morgan fingerprint density at radius 1 is 1.17 bits per heavy atom. The number of ether oxygens (including phenoxy) is 2. The summed E-state index contributed by atoms with van der Waals surface area (Å²) in [5, 5.41) is 15.0. The Morgan fingerprint density at radius 2 is 1.96 bits per heavy atom. The van der Waals surface area contributed by atoms with E-state index in [-0.39, 0.29) is 5.54 Å². The standard InChI is InChI=1S/C19H20N2O3/c1-23-15-8-7-13-9-17(20-16(13)10-15)18(22)21-19(11-24-12-19)14-5-3-2-4-6-14/h2-10,18,20-22H,11-12H2,1H3. The first-order valence-electron chi connectivity index (χ1n) is 7.96. The van der Waals surface area contributed by atoms with Crippen molar-refractivity contribution in [3.05, 3.63) is 65.9 Å². The van der Waals surface area contributed by atoms with Crippen LogP contribution in [-0.4, -0.2) is 30.4 Å². The molecular weight excluding hydrogens is 304 g/mol. The van der Waals surface area contributed by atoms with Crippen molar-refractivity contribution >= 4 is 10.9 Å². The fraction of sp³-hybridized carbons (Fsp3) is 0.263. The molecule has 3 N–H and O–H groups in total. The van der Waals surface area contributed by atoms with Crippen molar-refractivity contribution in [1.82, 2.24) is 10.3 Å². The molecule has 0 bridgehead atoms. The zero-order valence-electron chi connectivity index (χ0n) is 13.5. The van der Waals surface area contributed by atoms with E-state index in [2.05, 4.69) is 22.4 Å². The van der Waals surface area contributed by atoms with E-state index < -0.39 is 6.23 Å². The number of rotatable bonds is 5. The maximum atomic E-state index is 10.7. The third-order valence-electron chi connectivity index (χ3n) is 4.58. The molecule has 0 saturated carbocycles. The lowest BCUT2D eigenvalue weighted by molar-refractivity contribution is -0.103. The normalized spacial score (nSPS) is 17.4. The molecule has 1 fully saturated rings. The quantitative estimate of drug-likeness (QED) is 0.631. The first kappa shape index (κ1) is 15.2. The minimum atomic E-state index is -0.812. The van der Waals surface area contributed by atoms with E-state index in [0.29, 0.717) is 13.2 Å². The molecule has 0 amide bonds. The molecule has 4 rings (SSSR count). The van der Waals surface area contributed by atoms with E-state index in [0.717, 1.165) is 27.9 Å². The van der Waals surface area contributed by atoms with Crippen molar-refractivity contribution in [1.29, 1.82) is 0 Å². The van der Waals surface area contributed by atoms with E-state index in [1.807, 2.05) is 42.5 Å². The summed E-state index contributed by atoms with van der Waals surface area (Å²) < 4.78 is 10.7. The van der Waals surface area contributed by atoms with Gasteiger partial charge < -0.3 is 19.6 Å². The molecule has 5 heteroatoms. The van der Waals surface area contributed by atoms with E-state index in [1.165, 1.54) is 0 Å². The average Bonchev–Trinajstić information content (AvgIpc) is 3.02. The van der Waals surface area contributed by atoms with Crippen LogP contribution < -0.4 is 10.1 Å². The minimum Gasteiger partial charge on any atom is -0.497 e. The number of aromatic nitrogens is 1. The largest absolute Gasteiger partial charge is 0.497 e. The molecule has 3 aromatic rings. The summed E-state index contributed by atoms with van der Waals surface area (Å²) in [5.74, 6) is 0.784. The molecular formula is C19H20N2O3. The molecule has 2 heterocycles. The molecule has 1 atom stereocenters. The van der Waals surface area contributed by atoms with Crippen LogP contribution in [0.1, 0.15) is 17.5 Å². The predicted octanol–water partition coefficient (Wildman–Crippen LogP) is 2.68. The van der Waals surface area contributed by atoms with Crippen molar-refractivity contribution in [2.45, 2.75) is 11.8 Å². The van der Waals surface area contributed by atoms with Crippen LogP contribution in [0.3, 0.4) is 0 Å². The first-order chi connectivity index (χ1) is 11.7. The summed E-state index contributed by atoms with van der Waals surface area (Å²) in [5.41, 5.74) is 2.42. The Hall–Kier alpha value is -2.34. The highest BCUT2D eigenvalue weighted by Gasteiger charge is 2.41. The van der Waals surface area contributed by atoms with Gasteiger partial charge in [0.2, 0.25) is 0 Å². The van der Waals surface area contributed by atoms with Crippen LogP contribution in [-0.2, 0) is 10.3 Å². The molecule has 0 aliphatic carbocycles. The number of aliphatic hydroxyl groups is 1. The highest BCUT2D eigenvalue weighted by molar-refractivity contribution is 5.81. The summed E-state index contributed by atoms with van der Waals surface area (Å²) in [6, 6.07) is 17.8. The van der Waals surface area contributed by atoms with Crippen molar-refractivity contribution in [3.63, 3.8) is 0 Å². The smallest absolute Gasteiger partial charge is 0.146 e. The molecule has 1 aliphatic heterocycles. The molecule has 2 aromatic carbocycles. The zero-order chi connectivity index (χ0) is 16.6. The number of H-pyrrole nitrogens is 1. The molecule has 1 aromatic heterocycles. The monoisotopic (exact) mass is 324 g/mol. The van der Waals surface area contributed by atoms with Gasteiger partial charge in [-0.15, -0.1) is 0 Å². The van der Waals surface area contributed by atoms with Crippen LogP contribution in [0.25, 0.3) is 10.9 Å². The Labute approximate surface area is 140 Å². The minimum absolute atomic E-state index is 0.352. The number of hydrogen-bond donors (Lipinski definition) is 3. The molecule has 1 saturated heterocycles. The van der Waals surface area contributed by atoms with E-state index in [9.17, 15) is 5.11 Å². The van der Waals surface area contributed by atoms with Gasteiger partial charge in [-0.25, -0.2) is 0 Å². The molecule has 24 heavy (non-hydrogen) atoms. The molecule has 5 nitrogen and oxygen atoms in total. The van der Waals surface area contributed by atoms with Crippen LogP contribution in [0.4, 0.5) is 0 Å². The number of aliphatic hydroxyl groups excluding tert-OH is 1. The van der Waals surface area contributed by atoms with Gasteiger partial charge in [0.15, 0.2) is 0 Å². The lowest BCUT2D eigenvalue weighted by Crippen LogP contribution is -2.58.